The number of thiophene rings is 1. The Hall–Kier alpha value is -2.83. The van der Waals surface area contributed by atoms with Crippen LogP contribution in [0, 0.1) is 0 Å². The molecular weight excluding hydrogens is 410 g/mol. The molecule has 5 rings (SSSR count). The number of hydrogen-bond donors (Lipinski definition) is 0. The molecular formula is C24H21N3OS2. The standard InChI is InChI=1S/C24H21N3OS2/c28-22(27(19-10-11-19)16-17-6-4-12-25-15-17)14-21-23(20-9-5-13-29-20)26-24(30-21)18-7-2-1-3-8-18/h1-9,12-13,15,19H,10-11,14,16H2. The third-order valence-corrected chi connectivity index (χ3v) is 7.15. The summed E-state index contributed by atoms with van der Waals surface area (Å²) in [4.78, 5) is 26.7. The monoisotopic (exact) mass is 431 g/mol. The van der Waals surface area contributed by atoms with Gasteiger partial charge in [-0.15, -0.1) is 22.7 Å². The highest BCUT2D eigenvalue weighted by Gasteiger charge is 2.33. The molecule has 0 N–H and O–H groups in total. The molecule has 0 unspecified atom stereocenters. The van der Waals surface area contributed by atoms with Gasteiger partial charge in [-0.3, -0.25) is 9.78 Å². The van der Waals surface area contributed by atoms with Crippen molar-refractivity contribution in [3.05, 3.63) is 82.8 Å². The summed E-state index contributed by atoms with van der Waals surface area (Å²) in [5.74, 6) is 0.169. The zero-order chi connectivity index (χ0) is 20.3. The van der Waals surface area contributed by atoms with Crippen molar-refractivity contribution in [2.45, 2.75) is 31.8 Å². The van der Waals surface area contributed by atoms with Gasteiger partial charge in [-0.25, -0.2) is 4.98 Å². The van der Waals surface area contributed by atoms with Gasteiger partial charge in [-0.2, -0.15) is 0 Å². The molecule has 0 aliphatic heterocycles. The number of nitrogens with zero attached hydrogens (tertiary/aromatic N) is 3. The Balaban J connectivity index is 1.44. The largest absolute Gasteiger partial charge is 0.335 e. The number of amides is 1. The first kappa shape index (κ1) is 19.2. The quantitative estimate of drug-likeness (QED) is 0.379. The molecule has 0 saturated heterocycles. The Bertz CT molecular complexity index is 1120. The van der Waals surface area contributed by atoms with Gasteiger partial charge in [0.15, 0.2) is 0 Å². The van der Waals surface area contributed by atoms with Crippen molar-refractivity contribution in [3.63, 3.8) is 0 Å². The lowest BCUT2D eigenvalue weighted by Gasteiger charge is -2.22. The van der Waals surface area contributed by atoms with Gasteiger partial charge in [-0.1, -0.05) is 42.5 Å². The first-order valence-electron chi connectivity index (χ1n) is 10.1. The first-order chi connectivity index (χ1) is 14.8. The summed E-state index contributed by atoms with van der Waals surface area (Å²) < 4.78 is 0. The number of pyridine rings is 1. The second-order valence-corrected chi connectivity index (χ2v) is 9.46. The topological polar surface area (TPSA) is 46.1 Å². The molecule has 3 heterocycles. The van der Waals surface area contributed by atoms with Gasteiger partial charge in [-0.05, 0) is 35.9 Å². The highest BCUT2D eigenvalue weighted by Crippen LogP contribution is 2.37. The van der Waals surface area contributed by atoms with Crippen LogP contribution >= 0.6 is 22.7 Å². The van der Waals surface area contributed by atoms with Gasteiger partial charge in [0, 0.05) is 35.4 Å². The molecule has 3 aromatic heterocycles. The third-order valence-electron chi connectivity index (χ3n) is 5.17. The van der Waals surface area contributed by atoms with E-state index in [0.29, 0.717) is 19.0 Å². The van der Waals surface area contributed by atoms with E-state index in [4.69, 9.17) is 4.98 Å². The molecule has 4 nitrogen and oxygen atoms in total. The molecule has 1 aromatic carbocycles. The summed E-state index contributed by atoms with van der Waals surface area (Å²) in [7, 11) is 0. The van der Waals surface area contributed by atoms with Crippen LogP contribution in [0.2, 0.25) is 0 Å². The molecule has 0 spiro atoms. The van der Waals surface area contributed by atoms with Crippen molar-refractivity contribution in [2.75, 3.05) is 0 Å². The maximum absolute atomic E-state index is 13.4. The van der Waals surface area contributed by atoms with Gasteiger partial charge >= 0.3 is 0 Å². The van der Waals surface area contributed by atoms with E-state index in [9.17, 15) is 4.79 Å². The Morgan fingerprint density at radius 2 is 1.93 bits per heavy atom. The zero-order valence-electron chi connectivity index (χ0n) is 16.4. The van der Waals surface area contributed by atoms with Crippen LogP contribution in [-0.2, 0) is 17.8 Å². The van der Waals surface area contributed by atoms with E-state index in [1.54, 1.807) is 28.9 Å². The van der Waals surface area contributed by atoms with Crippen molar-refractivity contribution in [2.24, 2.45) is 0 Å². The maximum Gasteiger partial charge on any atom is 0.228 e. The minimum absolute atomic E-state index is 0.169. The van der Waals surface area contributed by atoms with Gasteiger partial charge in [0.1, 0.15) is 5.01 Å². The third kappa shape index (κ3) is 4.20. The summed E-state index contributed by atoms with van der Waals surface area (Å²) in [5, 5.41) is 3.02. The van der Waals surface area contributed by atoms with Gasteiger partial charge < -0.3 is 4.90 Å². The van der Waals surface area contributed by atoms with E-state index in [1.165, 1.54) is 0 Å². The molecule has 1 aliphatic rings. The van der Waals surface area contributed by atoms with Crippen LogP contribution in [0.3, 0.4) is 0 Å². The number of benzene rings is 1. The molecule has 1 fully saturated rings. The van der Waals surface area contributed by atoms with Crippen LogP contribution in [0.1, 0.15) is 23.3 Å². The van der Waals surface area contributed by atoms with E-state index in [0.717, 1.165) is 44.4 Å². The average molecular weight is 432 g/mol. The Labute approximate surface area is 183 Å². The van der Waals surface area contributed by atoms with Crippen molar-refractivity contribution in [1.29, 1.82) is 0 Å². The minimum Gasteiger partial charge on any atom is -0.335 e. The lowest BCUT2D eigenvalue weighted by molar-refractivity contribution is -0.131. The van der Waals surface area contributed by atoms with E-state index in [-0.39, 0.29) is 5.91 Å². The smallest absolute Gasteiger partial charge is 0.228 e. The van der Waals surface area contributed by atoms with Crippen LogP contribution in [0.4, 0.5) is 0 Å². The summed E-state index contributed by atoms with van der Waals surface area (Å²) >= 11 is 3.30. The fourth-order valence-corrected chi connectivity index (χ4v) is 5.39. The number of hydrogen-bond acceptors (Lipinski definition) is 5. The lowest BCUT2D eigenvalue weighted by atomic mass is 10.2. The van der Waals surface area contributed by atoms with Gasteiger partial charge in [0.25, 0.3) is 0 Å². The Morgan fingerprint density at radius 3 is 2.63 bits per heavy atom. The predicted molar refractivity (Wildman–Crippen MR) is 122 cm³/mol. The summed E-state index contributed by atoms with van der Waals surface area (Å²) in [6.07, 6.45) is 6.17. The molecule has 1 aliphatic carbocycles. The first-order valence-corrected chi connectivity index (χ1v) is 11.7. The normalized spacial score (nSPS) is 13.3. The van der Waals surface area contributed by atoms with E-state index in [2.05, 4.69) is 28.6 Å². The van der Waals surface area contributed by atoms with E-state index in [1.807, 2.05) is 47.5 Å². The molecule has 1 saturated carbocycles. The number of thiazole rings is 1. The SMILES string of the molecule is O=C(Cc1sc(-c2ccccc2)nc1-c1cccs1)N(Cc1cccnc1)C1CC1. The summed E-state index contributed by atoms with van der Waals surface area (Å²) in [6.45, 7) is 0.621. The molecule has 1 amide bonds. The van der Waals surface area contributed by atoms with Gasteiger partial charge in [0.2, 0.25) is 5.91 Å². The summed E-state index contributed by atoms with van der Waals surface area (Å²) in [6, 6.07) is 18.6. The van der Waals surface area contributed by atoms with Crippen molar-refractivity contribution in [3.8, 4) is 21.1 Å². The molecule has 0 radical (unpaired) electrons. The zero-order valence-corrected chi connectivity index (χ0v) is 18.0. The fourth-order valence-electron chi connectivity index (χ4n) is 3.52. The van der Waals surface area contributed by atoms with E-state index >= 15 is 0 Å². The van der Waals surface area contributed by atoms with E-state index < -0.39 is 0 Å². The molecule has 6 heteroatoms. The summed E-state index contributed by atoms with van der Waals surface area (Å²) in [5.41, 5.74) is 3.11. The maximum atomic E-state index is 13.4. The molecule has 150 valence electrons. The molecule has 0 atom stereocenters. The number of carbonyl (C=O) groups excluding carboxylic acids is 1. The van der Waals surface area contributed by atoms with Gasteiger partial charge in [0.05, 0.1) is 17.0 Å². The second-order valence-electron chi connectivity index (χ2n) is 7.42. The van der Waals surface area contributed by atoms with Crippen LogP contribution in [0.25, 0.3) is 21.1 Å². The molecule has 0 bridgehead atoms. The Kier molecular flexibility index (Phi) is 5.43. The Morgan fingerprint density at radius 1 is 1.07 bits per heavy atom. The highest BCUT2D eigenvalue weighted by atomic mass is 32.1. The number of aromatic nitrogens is 2. The van der Waals surface area contributed by atoms with Crippen LogP contribution < -0.4 is 0 Å². The van der Waals surface area contributed by atoms with Crippen LogP contribution in [0.15, 0.2) is 72.4 Å². The lowest BCUT2D eigenvalue weighted by Crippen LogP contribution is -2.33. The fraction of sp³-hybridized carbons (Fsp3) is 0.208. The minimum atomic E-state index is 0.169. The second kappa shape index (κ2) is 8.50. The molecule has 4 aromatic rings. The van der Waals surface area contributed by atoms with Crippen molar-refractivity contribution >= 4 is 28.6 Å². The highest BCUT2D eigenvalue weighted by molar-refractivity contribution is 7.17. The van der Waals surface area contributed by atoms with Crippen molar-refractivity contribution < 1.29 is 4.79 Å². The number of rotatable bonds is 7. The molecule has 30 heavy (non-hydrogen) atoms. The van der Waals surface area contributed by atoms with Crippen LogP contribution in [-0.4, -0.2) is 26.8 Å². The average Bonchev–Trinajstić information content (AvgIpc) is 3.30. The van der Waals surface area contributed by atoms with Crippen molar-refractivity contribution in [1.82, 2.24) is 14.9 Å². The number of carbonyl (C=O) groups is 1. The predicted octanol–water partition coefficient (Wildman–Crippen LogP) is 5.67. The van der Waals surface area contributed by atoms with Crippen LogP contribution in [0.5, 0.6) is 0 Å².